The first kappa shape index (κ1) is 28.7. The molecule has 3 aromatic rings. The van der Waals surface area contributed by atoms with E-state index in [2.05, 4.69) is 15.0 Å². The van der Waals surface area contributed by atoms with Crippen molar-refractivity contribution in [3.05, 3.63) is 58.2 Å². The van der Waals surface area contributed by atoms with Crippen LogP contribution in [-0.4, -0.2) is 57.2 Å². The number of halogens is 3. The van der Waals surface area contributed by atoms with Crippen LogP contribution in [0.3, 0.4) is 0 Å². The molecule has 0 saturated carbocycles. The Labute approximate surface area is 220 Å². The molecule has 2 amide bonds. The van der Waals surface area contributed by atoms with E-state index in [1.807, 2.05) is 0 Å². The predicted molar refractivity (Wildman–Crippen MR) is 133 cm³/mol. The van der Waals surface area contributed by atoms with E-state index >= 15 is 0 Å². The van der Waals surface area contributed by atoms with Gasteiger partial charge < -0.3 is 28.8 Å². The largest absolute Gasteiger partial charge is 0.573 e. The first-order valence-corrected chi connectivity index (χ1v) is 12.1. The highest BCUT2D eigenvalue weighted by Crippen LogP contribution is 2.28. The third-order valence-corrected chi connectivity index (χ3v) is 6.04. The Morgan fingerprint density at radius 1 is 1.03 bits per heavy atom. The Hall–Kier alpha value is -3.84. The van der Waals surface area contributed by atoms with Crippen LogP contribution in [-0.2, 0) is 16.1 Å². The van der Waals surface area contributed by atoms with Crippen molar-refractivity contribution in [1.82, 2.24) is 9.88 Å². The zero-order valence-electron chi connectivity index (χ0n) is 20.8. The Balaban J connectivity index is 1.94. The zero-order chi connectivity index (χ0) is 27.7. The maximum atomic E-state index is 13.1. The Morgan fingerprint density at radius 3 is 2.37 bits per heavy atom. The number of hydrogen-bond donors (Lipinski definition) is 1. The summed E-state index contributed by atoms with van der Waals surface area (Å²) in [6.45, 7) is 0.628. The van der Waals surface area contributed by atoms with E-state index in [0.717, 1.165) is 0 Å². The van der Waals surface area contributed by atoms with Gasteiger partial charge in [-0.2, -0.15) is 4.99 Å². The second-order valence-corrected chi connectivity index (χ2v) is 8.58. The molecule has 0 aliphatic heterocycles. The number of hydrogen-bond acceptors (Lipinski definition) is 7. The molecule has 1 heterocycles. The molecule has 0 aliphatic rings. The Bertz CT molecular complexity index is 1320. The molecule has 1 N–H and O–H groups in total. The van der Waals surface area contributed by atoms with Crippen LogP contribution < -0.4 is 24.3 Å². The fourth-order valence-corrected chi connectivity index (χ4v) is 4.40. The van der Waals surface area contributed by atoms with Crippen molar-refractivity contribution in [2.24, 2.45) is 4.99 Å². The van der Waals surface area contributed by atoms with Gasteiger partial charge in [-0.15, -0.1) is 24.5 Å². The van der Waals surface area contributed by atoms with E-state index in [1.54, 1.807) is 28.1 Å². The van der Waals surface area contributed by atoms with Crippen LogP contribution in [0.4, 0.5) is 13.2 Å². The van der Waals surface area contributed by atoms with Crippen LogP contribution in [0.1, 0.15) is 16.8 Å². The van der Waals surface area contributed by atoms with Crippen molar-refractivity contribution in [2.75, 3.05) is 34.5 Å². The molecule has 13 heteroatoms. The van der Waals surface area contributed by atoms with Gasteiger partial charge in [0.05, 0.1) is 25.5 Å². The SMILES string of the molecule is COCC(=O)NCCCn1c(-c2ccc(OC(F)(F)F)cc2)cs/c1=N\C(=O)c1ccc(OC)cc1OC. The highest BCUT2D eigenvalue weighted by atomic mass is 32.1. The fraction of sp³-hybridized carbons (Fsp3) is 0.320. The van der Waals surface area contributed by atoms with Crippen molar-refractivity contribution in [3.8, 4) is 28.5 Å². The number of carbonyl (C=O) groups excluding carboxylic acids is 2. The highest BCUT2D eigenvalue weighted by molar-refractivity contribution is 7.07. The summed E-state index contributed by atoms with van der Waals surface area (Å²) in [6.07, 6.45) is -4.31. The summed E-state index contributed by atoms with van der Waals surface area (Å²) in [5.74, 6) is -0.359. The summed E-state index contributed by atoms with van der Waals surface area (Å²) in [5.41, 5.74) is 1.45. The lowest BCUT2D eigenvalue weighted by Crippen LogP contribution is -2.29. The number of methoxy groups -OCH3 is 3. The quantitative estimate of drug-likeness (QED) is 0.360. The minimum atomic E-state index is -4.80. The van der Waals surface area contributed by atoms with Gasteiger partial charge in [-0.1, -0.05) is 0 Å². The van der Waals surface area contributed by atoms with Gasteiger partial charge in [-0.25, -0.2) is 0 Å². The van der Waals surface area contributed by atoms with Gasteiger partial charge in [0.25, 0.3) is 5.91 Å². The van der Waals surface area contributed by atoms with Crippen LogP contribution in [0.5, 0.6) is 17.2 Å². The summed E-state index contributed by atoms with van der Waals surface area (Å²) >= 11 is 1.19. The maximum absolute atomic E-state index is 13.1. The average molecular weight is 554 g/mol. The number of thiazole rings is 1. The molecular weight excluding hydrogens is 527 g/mol. The number of amides is 2. The second kappa shape index (κ2) is 13.1. The predicted octanol–water partition coefficient (Wildman–Crippen LogP) is 4.03. The molecule has 0 unspecified atom stereocenters. The molecule has 0 atom stereocenters. The van der Waals surface area contributed by atoms with Crippen molar-refractivity contribution in [3.63, 3.8) is 0 Å². The Morgan fingerprint density at radius 2 is 1.74 bits per heavy atom. The number of nitrogens with zero attached hydrogens (tertiary/aromatic N) is 2. The molecule has 204 valence electrons. The number of benzene rings is 2. The molecule has 0 fully saturated rings. The van der Waals surface area contributed by atoms with E-state index in [4.69, 9.17) is 14.2 Å². The van der Waals surface area contributed by atoms with Crippen molar-refractivity contribution < 1.29 is 41.7 Å². The third kappa shape index (κ3) is 7.83. The number of carbonyl (C=O) groups is 2. The van der Waals surface area contributed by atoms with Gasteiger partial charge in [-0.3, -0.25) is 9.59 Å². The summed E-state index contributed by atoms with van der Waals surface area (Å²) in [5, 5.41) is 4.47. The fourth-order valence-electron chi connectivity index (χ4n) is 3.46. The van der Waals surface area contributed by atoms with Crippen molar-refractivity contribution in [1.29, 1.82) is 0 Å². The minimum Gasteiger partial charge on any atom is -0.497 e. The molecule has 0 aliphatic carbocycles. The minimum absolute atomic E-state index is 0.0675. The van der Waals surface area contributed by atoms with E-state index < -0.39 is 12.3 Å². The summed E-state index contributed by atoms with van der Waals surface area (Å²) < 4.78 is 58.6. The number of aromatic nitrogens is 1. The molecule has 9 nitrogen and oxygen atoms in total. The van der Waals surface area contributed by atoms with Crippen molar-refractivity contribution >= 4 is 23.2 Å². The van der Waals surface area contributed by atoms with E-state index in [1.165, 1.54) is 56.9 Å². The molecule has 38 heavy (non-hydrogen) atoms. The van der Waals surface area contributed by atoms with Crippen molar-refractivity contribution in [2.45, 2.75) is 19.3 Å². The molecule has 0 saturated heterocycles. The molecular formula is C25H26F3N3O6S. The van der Waals surface area contributed by atoms with Crippen LogP contribution in [0.15, 0.2) is 52.8 Å². The lowest BCUT2D eigenvalue weighted by Gasteiger charge is -2.12. The molecule has 0 spiro atoms. The summed E-state index contributed by atoms with van der Waals surface area (Å²) in [4.78, 5) is 29.4. The topological polar surface area (TPSA) is 100 Å². The van der Waals surface area contributed by atoms with Crippen LogP contribution in [0, 0.1) is 0 Å². The first-order chi connectivity index (χ1) is 18.1. The first-order valence-electron chi connectivity index (χ1n) is 11.3. The van der Waals surface area contributed by atoms with Crippen LogP contribution >= 0.6 is 11.3 Å². The zero-order valence-corrected chi connectivity index (χ0v) is 21.6. The van der Waals surface area contributed by atoms with E-state index in [-0.39, 0.29) is 23.8 Å². The van der Waals surface area contributed by atoms with E-state index in [9.17, 15) is 22.8 Å². The number of alkyl halides is 3. The van der Waals surface area contributed by atoms with Crippen LogP contribution in [0.25, 0.3) is 11.3 Å². The highest BCUT2D eigenvalue weighted by Gasteiger charge is 2.31. The summed E-state index contributed by atoms with van der Waals surface area (Å²) in [7, 11) is 4.34. The smallest absolute Gasteiger partial charge is 0.497 e. The van der Waals surface area contributed by atoms with Gasteiger partial charge in [0.2, 0.25) is 5.91 Å². The monoisotopic (exact) mass is 553 g/mol. The standard InChI is InChI=1S/C25H26F3N3O6S/c1-34-14-22(32)29-11-4-12-31-20(16-5-7-17(8-6-16)37-25(26,27)28)15-38-24(31)30-23(33)19-10-9-18(35-2)13-21(19)36-3/h5-10,13,15H,4,11-12,14H2,1-3H3,(H,29,32)/b30-24-. The summed E-state index contributed by atoms with van der Waals surface area (Å²) in [6, 6.07) is 10.1. The lowest BCUT2D eigenvalue weighted by atomic mass is 10.1. The van der Waals surface area contributed by atoms with Gasteiger partial charge in [0.15, 0.2) is 4.80 Å². The molecule has 3 rings (SSSR count). The normalized spacial score (nSPS) is 11.8. The molecule has 2 aromatic carbocycles. The van der Waals surface area contributed by atoms with Gasteiger partial charge in [0, 0.05) is 31.6 Å². The number of nitrogens with one attached hydrogen (secondary N) is 1. The molecule has 0 bridgehead atoms. The second-order valence-electron chi connectivity index (χ2n) is 7.75. The number of ether oxygens (including phenoxy) is 4. The van der Waals surface area contributed by atoms with Gasteiger partial charge >= 0.3 is 6.36 Å². The number of rotatable bonds is 11. The molecule has 1 aromatic heterocycles. The van der Waals surface area contributed by atoms with Crippen LogP contribution in [0.2, 0.25) is 0 Å². The van der Waals surface area contributed by atoms with Gasteiger partial charge in [0.1, 0.15) is 23.9 Å². The lowest BCUT2D eigenvalue weighted by molar-refractivity contribution is -0.274. The Kier molecular flexibility index (Phi) is 9.91. The van der Waals surface area contributed by atoms with E-state index in [0.29, 0.717) is 47.1 Å². The third-order valence-electron chi connectivity index (χ3n) is 5.17. The molecule has 0 radical (unpaired) electrons. The average Bonchev–Trinajstić information content (AvgIpc) is 3.27. The van der Waals surface area contributed by atoms with Gasteiger partial charge in [-0.05, 0) is 48.4 Å². The maximum Gasteiger partial charge on any atom is 0.573 e.